The summed E-state index contributed by atoms with van der Waals surface area (Å²) in [6.45, 7) is 1.72. The highest BCUT2D eigenvalue weighted by atomic mass is 16.3. The summed E-state index contributed by atoms with van der Waals surface area (Å²) >= 11 is 0. The number of nitrogens with zero attached hydrogens (tertiary/aromatic N) is 7. The molecule has 35 heavy (non-hydrogen) atoms. The Balaban J connectivity index is 1.42. The van der Waals surface area contributed by atoms with Crippen molar-refractivity contribution in [3.63, 3.8) is 0 Å². The second-order valence-corrected chi connectivity index (χ2v) is 9.71. The summed E-state index contributed by atoms with van der Waals surface area (Å²) in [5.41, 5.74) is 8.20. The topological polar surface area (TPSA) is 157 Å². The number of carbonyl (C=O) groups is 1. The van der Waals surface area contributed by atoms with Crippen LogP contribution in [0.1, 0.15) is 56.7 Å². The van der Waals surface area contributed by atoms with E-state index in [0.29, 0.717) is 40.9 Å². The molecule has 1 aliphatic carbocycles. The Morgan fingerprint density at radius 3 is 2.86 bits per heavy atom. The molecule has 3 aromatic heterocycles. The van der Waals surface area contributed by atoms with Gasteiger partial charge >= 0.3 is 0 Å². The molecule has 1 amide bonds. The molecule has 3 aliphatic rings. The van der Waals surface area contributed by atoms with Crippen molar-refractivity contribution < 1.29 is 9.90 Å². The van der Waals surface area contributed by atoms with Gasteiger partial charge in [-0.1, -0.05) is 32.1 Å². The van der Waals surface area contributed by atoms with E-state index in [1.54, 1.807) is 29.9 Å². The van der Waals surface area contributed by atoms with Crippen molar-refractivity contribution in [2.75, 3.05) is 11.1 Å². The molecule has 0 radical (unpaired) electrons. The Kier molecular flexibility index (Phi) is 5.10. The van der Waals surface area contributed by atoms with E-state index in [4.69, 9.17) is 10.7 Å². The second-order valence-electron chi connectivity index (χ2n) is 9.71. The summed E-state index contributed by atoms with van der Waals surface area (Å²) in [7, 11) is 0. The summed E-state index contributed by atoms with van der Waals surface area (Å²) in [6.07, 6.45) is 13.1. The fraction of sp³-hybridized carbons (Fsp3) is 0.458. The molecule has 0 bridgehead atoms. The largest absolute Gasteiger partial charge is 0.389 e. The van der Waals surface area contributed by atoms with Crippen LogP contribution in [0.25, 0.3) is 17.2 Å². The van der Waals surface area contributed by atoms with Crippen LogP contribution in [0, 0.1) is 5.92 Å². The van der Waals surface area contributed by atoms with Gasteiger partial charge in [-0.05, 0) is 25.3 Å². The molecule has 2 atom stereocenters. The molecule has 0 saturated heterocycles. The van der Waals surface area contributed by atoms with Gasteiger partial charge < -0.3 is 16.2 Å². The SMILES string of the molecule is CC1(C2=CC(O)CC=N2)C(=O)Nc2nc(-c3cn4ncnc4c(CC4CCCCC4)n3)nc(N)c21. The molecular weight excluding hydrogens is 446 g/mol. The van der Waals surface area contributed by atoms with Crippen LogP contribution in [0.3, 0.4) is 0 Å². The van der Waals surface area contributed by atoms with Gasteiger partial charge in [0.05, 0.1) is 29.3 Å². The Labute approximate surface area is 201 Å². The number of aliphatic imine (C=N–C) groups is 1. The molecule has 11 heteroatoms. The zero-order valence-corrected chi connectivity index (χ0v) is 19.5. The van der Waals surface area contributed by atoms with E-state index in [-0.39, 0.29) is 11.7 Å². The van der Waals surface area contributed by atoms with E-state index in [9.17, 15) is 9.90 Å². The predicted octanol–water partition coefficient (Wildman–Crippen LogP) is 2.22. The molecule has 4 N–H and O–H groups in total. The minimum atomic E-state index is -1.20. The minimum Gasteiger partial charge on any atom is -0.389 e. The predicted molar refractivity (Wildman–Crippen MR) is 130 cm³/mol. The molecule has 6 rings (SSSR count). The van der Waals surface area contributed by atoms with Crippen molar-refractivity contribution in [1.29, 1.82) is 0 Å². The highest BCUT2D eigenvalue weighted by molar-refractivity contribution is 6.09. The van der Waals surface area contributed by atoms with Gasteiger partial charge in [-0.2, -0.15) is 5.10 Å². The maximum Gasteiger partial charge on any atom is 0.242 e. The molecule has 180 valence electrons. The fourth-order valence-corrected chi connectivity index (χ4v) is 5.42. The van der Waals surface area contributed by atoms with E-state index >= 15 is 0 Å². The lowest BCUT2D eigenvalue weighted by molar-refractivity contribution is -0.119. The molecule has 1 fully saturated rings. The first-order valence-electron chi connectivity index (χ1n) is 12.1. The Bertz CT molecular complexity index is 1390. The zero-order valence-electron chi connectivity index (χ0n) is 19.5. The van der Waals surface area contributed by atoms with Crippen LogP contribution >= 0.6 is 0 Å². The monoisotopic (exact) mass is 473 g/mol. The van der Waals surface area contributed by atoms with Crippen LogP contribution in [0.15, 0.2) is 29.3 Å². The second kappa shape index (κ2) is 8.19. The molecule has 1 saturated carbocycles. The van der Waals surface area contributed by atoms with E-state index in [1.165, 1.54) is 38.4 Å². The van der Waals surface area contributed by atoms with Gasteiger partial charge in [-0.3, -0.25) is 9.79 Å². The van der Waals surface area contributed by atoms with Crippen LogP contribution in [0.4, 0.5) is 11.6 Å². The summed E-state index contributed by atoms with van der Waals surface area (Å²) in [5, 5.41) is 17.2. The lowest BCUT2D eigenvalue weighted by Gasteiger charge is -2.26. The van der Waals surface area contributed by atoms with Gasteiger partial charge in [0.2, 0.25) is 5.91 Å². The van der Waals surface area contributed by atoms with Crippen molar-refractivity contribution in [2.24, 2.45) is 10.9 Å². The third-order valence-electron chi connectivity index (χ3n) is 7.33. The van der Waals surface area contributed by atoms with Crippen LogP contribution in [0.5, 0.6) is 0 Å². The summed E-state index contributed by atoms with van der Waals surface area (Å²) in [6, 6.07) is 0. The summed E-state index contributed by atoms with van der Waals surface area (Å²) in [4.78, 5) is 35.9. The molecule has 0 spiro atoms. The maximum absolute atomic E-state index is 13.1. The number of fused-ring (bicyclic) bond motifs is 2. The average molecular weight is 474 g/mol. The molecule has 3 aromatic rings. The van der Waals surface area contributed by atoms with Crippen LogP contribution in [0.2, 0.25) is 0 Å². The molecule has 2 unspecified atom stereocenters. The van der Waals surface area contributed by atoms with E-state index in [2.05, 4.69) is 30.4 Å². The number of rotatable bonds is 4. The smallest absolute Gasteiger partial charge is 0.242 e. The maximum atomic E-state index is 13.1. The molecular formula is C24H27N9O2. The fourth-order valence-electron chi connectivity index (χ4n) is 5.42. The van der Waals surface area contributed by atoms with E-state index in [1.807, 2.05) is 0 Å². The van der Waals surface area contributed by atoms with Gasteiger partial charge in [-0.25, -0.2) is 24.5 Å². The van der Waals surface area contributed by atoms with E-state index in [0.717, 1.165) is 17.8 Å². The first kappa shape index (κ1) is 21.8. The number of aromatic nitrogens is 6. The first-order chi connectivity index (χ1) is 16.9. The van der Waals surface area contributed by atoms with Gasteiger partial charge in [0.1, 0.15) is 29.1 Å². The summed E-state index contributed by atoms with van der Waals surface area (Å²) < 4.78 is 1.69. The molecule has 5 heterocycles. The number of nitrogens with one attached hydrogen (secondary N) is 1. The van der Waals surface area contributed by atoms with Gasteiger partial charge in [0.25, 0.3) is 0 Å². The normalized spacial score (nSPS) is 24.5. The number of anilines is 2. The number of hydrogen-bond donors (Lipinski definition) is 3. The van der Waals surface area contributed by atoms with Crippen LogP contribution in [-0.2, 0) is 16.6 Å². The first-order valence-corrected chi connectivity index (χ1v) is 12.1. The van der Waals surface area contributed by atoms with Crippen LogP contribution < -0.4 is 11.1 Å². The lowest BCUT2D eigenvalue weighted by Crippen LogP contribution is -2.35. The number of hydrogen-bond acceptors (Lipinski definition) is 9. The van der Waals surface area contributed by atoms with Gasteiger partial charge in [0, 0.05) is 12.6 Å². The Morgan fingerprint density at radius 1 is 1.23 bits per heavy atom. The molecule has 0 aromatic carbocycles. The third kappa shape index (κ3) is 3.57. The van der Waals surface area contributed by atoms with Gasteiger partial charge in [-0.15, -0.1) is 0 Å². The van der Waals surface area contributed by atoms with Crippen LogP contribution in [-0.4, -0.2) is 52.9 Å². The number of aliphatic hydroxyl groups excluding tert-OH is 1. The minimum absolute atomic E-state index is 0.163. The number of amides is 1. The van der Waals surface area contributed by atoms with Crippen molar-refractivity contribution in [1.82, 2.24) is 29.5 Å². The zero-order chi connectivity index (χ0) is 24.2. The number of carbonyl (C=O) groups excluding carboxylic acids is 1. The molecule has 2 aliphatic heterocycles. The standard InChI is InChI=1S/C24H27N9O2/c1-24(17-10-14(34)7-8-26-17)18-19(25)30-20(31-21(18)32-23(24)35)16-11-33-22(27-12-28-33)15(29-16)9-13-5-3-2-4-6-13/h8,10-14,34H,2-7,9H2,1H3,(H3,25,30,31,32,35). The Hall–Kier alpha value is -3.73. The van der Waals surface area contributed by atoms with Crippen molar-refractivity contribution in [3.05, 3.63) is 35.6 Å². The third-order valence-corrected chi connectivity index (χ3v) is 7.33. The van der Waals surface area contributed by atoms with Crippen molar-refractivity contribution >= 4 is 29.4 Å². The average Bonchev–Trinajstić information content (AvgIpc) is 3.43. The number of aliphatic hydroxyl groups is 1. The molecule has 11 nitrogen and oxygen atoms in total. The summed E-state index contributed by atoms with van der Waals surface area (Å²) in [5.74, 6) is 1.04. The van der Waals surface area contributed by atoms with Crippen molar-refractivity contribution in [3.8, 4) is 11.5 Å². The van der Waals surface area contributed by atoms with Gasteiger partial charge in [0.15, 0.2) is 11.5 Å². The highest BCUT2D eigenvalue weighted by Gasteiger charge is 2.49. The number of nitrogen functional groups attached to an aromatic ring is 1. The lowest BCUT2D eigenvalue weighted by atomic mass is 9.80. The van der Waals surface area contributed by atoms with Crippen molar-refractivity contribution in [2.45, 2.75) is 63.4 Å². The quantitative estimate of drug-likeness (QED) is 0.521. The van der Waals surface area contributed by atoms with E-state index < -0.39 is 11.5 Å². The Morgan fingerprint density at radius 2 is 2.06 bits per heavy atom. The highest BCUT2D eigenvalue weighted by Crippen LogP contribution is 2.46. The number of nitrogens with two attached hydrogens (primary N) is 1.